The van der Waals surface area contributed by atoms with E-state index in [4.69, 9.17) is 9.98 Å². The topological polar surface area (TPSA) is 45.4 Å². The van der Waals surface area contributed by atoms with Crippen molar-refractivity contribution in [3.8, 4) is 16.8 Å². The van der Waals surface area contributed by atoms with Crippen LogP contribution in [0.15, 0.2) is 186 Å². The van der Waals surface area contributed by atoms with Crippen molar-refractivity contribution in [2.75, 3.05) is 0 Å². The van der Waals surface area contributed by atoms with Crippen molar-refractivity contribution >= 4 is 60.9 Å². The molecule has 0 saturated carbocycles. The van der Waals surface area contributed by atoms with Crippen molar-refractivity contribution in [3.63, 3.8) is 0 Å². The average Bonchev–Trinajstić information content (AvgIpc) is 3.73. The van der Waals surface area contributed by atoms with Gasteiger partial charge in [0.15, 0.2) is 5.84 Å². The van der Waals surface area contributed by atoms with E-state index >= 15 is 0 Å². The maximum atomic E-state index is 5.23. The van der Waals surface area contributed by atoms with Gasteiger partial charge in [-0.1, -0.05) is 134 Å². The Labute approximate surface area is 296 Å². The fraction of sp³-hybridized carbons (Fsp3) is 0.0213. The minimum absolute atomic E-state index is 0.607. The lowest BCUT2D eigenvalue weighted by atomic mass is 10.0. The Morgan fingerprint density at radius 1 is 0.490 bits per heavy atom. The largest absolute Gasteiger partial charge is 0.354 e. The van der Waals surface area contributed by atoms with Gasteiger partial charge in [-0.05, 0) is 66.1 Å². The van der Waals surface area contributed by atoms with Gasteiger partial charge in [-0.3, -0.25) is 0 Å². The number of rotatable bonds is 6. The number of hydrogen-bond acceptors (Lipinski definition) is 1. The Morgan fingerprint density at radius 2 is 1.14 bits per heavy atom. The average molecular weight is 655 g/mol. The summed E-state index contributed by atoms with van der Waals surface area (Å²) in [6, 6.07) is 59.3. The third kappa shape index (κ3) is 5.53. The SMILES string of the molecule is C=C(N=C(N=C(C)c1ccc2c(c1)[nH]c1ccccc12)c1cccc(-c2ccccc2)c1)c1ccc2c3ccccc3n(-c3ccccc3)c2c1. The standard InChI is InChI=1S/C47H34N4/c1-31(34-24-26-40-39-20-9-11-22-43(39)50-44(40)29-34)48-47(37-17-13-16-36(28-37)33-14-5-3-6-15-33)49-32(2)35-25-27-42-41-21-10-12-23-45(41)51(46(42)30-35)38-18-7-4-8-19-38/h3-30,50H,2H2,1H3. The molecule has 0 amide bonds. The Hall–Kier alpha value is -6.78. The second-order valence-corrected chi connectivity index (χ2v) is 12.9. The predicted molar refractivity (Wildman–Crippen MR) is 216 cm³/mol. The summed E-state index contributed by atoms with van der Waals surface area (Å²) in [7, 11) is 0. The van der Waals surface area contributed by atoms with Crippen LogP contribution in [0.1, 0.15) is 23.6 Å². The first-order valence-electron chi connectivity index (χ1n) is 17.2. The number of fused-ring (bicyclic) bond motifs is 6. The fourth-order valence-corrected chi connectivity index (χ4v) is 7.12. The molecule has 0 fully saturated rings. The van der Waals surface area contributed by atoms with E-state index in [0.29, 0.717) is 11.5 Å². The van der Waals surface area contributed by atoms with Crippen LogP contribution in [-0.4, -0.2) is 21.1 Å². The molecule has 242 valence electrons. The molecule has 0 atom stereocenters. The lowest BCUT2D eigenvalue weighted by Gasteiger charge is -2.11. The zero-order valence-electron chi connectivity index (χ0n) is 28.2. The number of aromatic nitrogens is 2. The zero-order valence-corrected chi connectivity index (χ0v) is 28.2. The van der Waals surface area contributed by atoms with Gasteiger partial charge in [-0.15, -0.1) is 0 Å². The lowest BCUT2D eigenvalue weighted by molar-refractivity contribution is 1.18. The van der Waals surface area contributed by atoms with Crippen LogP contribution in [0.4, 0.5) is 0 Å². The van der Waals surface area contributed by atoms with Gasteiger partial charge in [0.2, 0.25) is 0 Å². The molecule has 4 heteroatoms. The highest BCUT2D eigenvalue weighted by Gasteiger charge is 2.15. The summed E-state index contributed by atoms with van der Waals surface area (Å²) >= 11 is 0. The van der Waals surface area contributed by atoms with Gasteiger partial charge in [0, 0.05) is 55.1 Å². The smallest absolute Gasteiger partial charge is 0.160 e. The molecule has 0 aliphatic carbocycles. The first-order chi connectivity index (χ1) is 25.1. The van der Waals surface area contributed by atoms with E-state index in [1.165, 1.54) is 21.5 Å². The highest BCUT2D eigenvalue weighted by Crippen LogP contribution is 2.34. The van der Waals surface area contributed by atoms with E-state index in [1.54, 1.807) is 0 Å². The van der Waals surface area contributed by atoms with Crippen molar-refractivity contribution < 1.29 is 0 Å². The molecule has 0 radical (unpaired) electrons. The molecular formula is C47H34N4. The number of para-hydroxylation sites is 3. The lowest BCUT2D eigenvalue weighted by Crippen LogP contribution is -2.04. The summed E-state index contributed by atoms with van der Waals surface area (Å²) in [6.45, 7) is 6.56. The Balaban J connectivity index is 1.18. The number of aromatic amines is 1. The summed E-state index contributed by atoms with van der Waals surface area (Å²) < 4.78 is 2.32. The molecule has 0 bridgehead atoms. The molecule has 0 saturated heterocycles. The van der Waals surface area contributed by atoms with Crippen LogP contribution in [0.5, 0.6) is 0 Å². The van der Waals surface area contributed by atoms with Crippen LogP contribution in [0.3, 0.4) is 0 Å². The minimum Gasteiger partial charge on any atom is -0.354 e. The van der Waals surface area contributed by atoms with E-state index in [2.05, 4.69) is 180 Å². The van der Waals surface area contributed by atoms with Crippen LogP contribution in [0.2, 0.25) is 0 Å². The molecule has 4 nitrogen and oxygen atoms in total. The maximum Gasteiger partial charge on any atom is 0.160 e. The van der Waals surface area contributed by atoms with Gasteiger partial charge < -0.3 is 9.55 Å². The van der Waals surface area contributed by atoms with Gasteiger partial charge in [0.1, 0.15) is 0 Å². The maximum absolute atomic E-state index is 5.23. The van der Waals surface area contributed by atoms with E-state index in [0.717, 1.165) is 61.3 Å². The van der Waals surface area contributed by atoms with Crippen molar-refractivity contribution in [2.24, 2.45) is 9.98 Å². The number of aliphatic imine (C=N–C) groups is 2. The van der Waals surface area contributed by atoms with Gasteiger partial charge in [0.05, 0.1) is 16.7 Å². The first-order valence-corrected chi connectivity index (χ1v) is 17.2. The molecule has 0 aliphatic rings. The first kappa shape index (κ1) is 30.3. The third-order valence-corrected chi connectivity index (χ3v) is 9.69. The molecule has 2 heterocycles. The molecule has 2 aromatic heterocycles. The highest BCUT2D eigenvalue weighted by atomic mass is 15.0. The van der Waals surface area contributed by atoms with Crippen molar-refractivity contribution in [1.29, 1.82) is 0 Å². The number of nitrogens with one attached hydrogen (secondary N) is 1. The molecule has 0 aliphatic heterocycles. The van der Waals surface area contributed by atoms with E-state index in [9.17, 15) is 0 Å². The summed E-state index contributed by atoms with van der Waals surface area (Å²) in [4.78, 5) is 14.0. The van der Waals surface area contributed by atoms with Crippen LogP contribution in [-0.2, 0) is 0 Å². The zero-order chi connectivity index (χ0) is 34.3. The normalized spacial score (nSPS) is 12.3. The minimum atomic E-state index is 0.607. The van der Waals surface area contributed by atoms with E-state index in [1.807, 2.05) is 13.0 Å². The molecule has 1 N–H and O–H groups in total. The fourth-order valence-electron chi connectivity index (χ4n) is 7.12. The predicted octanol–water partition coefficient (Wildman–Crippen LogP) is 12.0. The molecule has 0 spiro atoms. The molecular weight excluding hydrogens is 621 g/mol. The summed E-state index contributed by atoms with van der Waals surface area (Å²) in [5, 5.41) is 4.81. The van der Waals surface area contributed by atoms with Gasteiger partial charge in [-0.2, -0.15) is 0 Å². The Bertz CT molecular complexity index is 2820. The molecule has 51 heavy (non-hydrogen) atoms. The summed E-state index contributed by atoms with van der Waals surface area (Å²) in [5.74, 6) is 0.607. The third-order valence-electron chi connectivity index (χ3n) is 9.69. The Morgan fingerprint density at radius 3 is 1.98 bits per heavy atom. The quantitative estimate of drug-likeness (QED) is 0.137. The number of amidine groups is 1. The summed E-state index contributed by atoms with van der Waals surface area (Å²) in [5.41, 5.74) is 12.2. The number of hydrogen-bond donors (Lipinski definition) is 1. The van der Waals surface area contributed by atoms with Crippen molar-refractivity contribution in [1.82, 2.24) is 9.55 Å². The van der Waals surface area contributed by atoms with E-state index in [-0.39, 0.29) is 0 Å². The van der Waals surface area contributed by atoms with Gasteiger partial charge in [0.25, 0.3) is 0 Å². The summed E-state index contributed by atoms with van der Waals surface area (Å²) in [6.07, 6.45) is 0. The molecule has 9 aromatic rings. The number of benzene rings is 7. The van der Waals surface area contributed by atoms with Crippen LogP contribution in [0.25, 0.3) is 66.1 Å². The number of nitrogens with zero attached hydrogens (tertiary/aromatic N) is 3. The van der Waals surface area contributed by atoms with Gasteiger partial charge >= 0.3 is 0 Å². The van der Waals surface area contributed by atoms with Crippen LogP contribution in [0, 0.1) is 0 Å². The number of H-pyrrole nitrogens is 1. The molecule has 9 rings (SSSR count). The van der Waals surface area contributed by atoms with Crippen molar-refractivity contribution in [3.05, 3.63) is 193 Å². The molecule has 0 unspecified atom stereocenters. The second-order valence-electron chi connectivity index (χ2n) is 12.9. The Kier molecular flexibility index (Phi) is 7.48. The van der Waals surface area contributed by atoms with Crippen molar-refractivity contribution in [2.45, 2.75) is 6.92 Å². The monoisotopic (exact) mass is 654 g/mol. The highest BCUT2D eigenvalue weighted by molar-refractivity contribution is 6.15. The van der Waals surface area contributed by atoms with Crippen LogP contribution >= 0.6 is 0 Å². The second kappa shape index (κ2) is 12.6. The van der Waals surface area contributed by atoms with Crippen LogP contribution < -0.4 is 0 Å². The van der Waals surface area contributed by atoms with E-state index < -0.39 is 0 Å². The molecule has 7 aromatic carbocycles. The van der Waals surface area contributed by atoms with Gasteiger partial charge in [-0.25, -0.2) is 9.98 Å².